The Balaban J connectivity index is 0.00000156. The molecule has 0 unspecified atom stereocenters. The van der Waals surface area contributed by atoms with Crippen LogP contribution in [0.5, 0.6) is 0 Å². The maximum absolute atomic E-state index is 2.68. The summed E-state index contributed by atoms with van der Waals surface area (Å²) < 4.78 is 2.51. The minimum absolute atomic E-state index is 0. The van der Waals surface area contributed by atoms with Gasteiger partial charge in [-0.15, -0.1) is 12.4 Å². The third kappa shape index (κ3) is 3.73. The molecule has 4 rings (SSSR count). The Labute approximate surface area is 145 Å². The van der Waals surface area contributed by atoms with E-state index in [1.165, 1.54) is 75.0 Å². The number of rotatable bonds is 3. The molecule has 0 spiro atoms. The number of fused-ring (bicyclic) bond motifs is 3. The molecule has 1 saturated heterocycles. The molecule has 126 valence electrons. The number of benzene rings is 1. The zero-order valence-electron chi connectivity index (χ0n) is 13.9. The maximum atomic E-state index is 2.68. The highest BCUT2D eigenvalue weighted by Crippen LogP contribution is 2.23. The Morgan fingerprint density at radius 2 is 1.52 bits per heavy atom. The summed E-state index contributed by atoms with van der Waals surface area (Å²) in [4.78, 5) is 5.32. The van der Waals surface area contributed by atoms with Crippen molar-refractivity contribution < 1.29 is 0 Å². The Bertz CT molecular complexity index is 629. The van der Waals surface area contributed by atoms with Crippen LogP contribution in [0, 0.1) is 0 Å². The molecular weight excluding hydrogens is 306 g/mol. The van der Waals surface area contributed by atoms with Gasteiger partial charge in [-0.1, -0.05) is 31.0 Å². The molecule has 0 saturated carbocycles. The van der Waals surface area contributed by atoms with Gasteiger partial charge in [-0.25, -0.2) is 0 Å². The zero-order chi connectivity index (χ0) is 14.8. The minimum Gasteiger partial charge on any atom is -0.342 e. The Morgan fingerprint density at radius 3 is 2.35 bits per heavy atom. The second-order valence-electron chi connectivity index (χ2n) is 6.88. The second-order valence-corrected chi connectivity index (χ2v) is 6.88. The molecule has 0 atom stereocenters. The fraction of sp³-hybridized carbons (Fsp3) is 0.579. The highest BCUT2D eigenvalue weighted by molar-refractivity contribution is 5.85. The van der Waals surface area contributed by atoms with Crippen LogP contribution in [-0.2, 0) is 13.1 Å². The summed E-state index contributed by atoms with van der Waals surface area (Å²) in [5.41, 5.74) is 2.90. The molecule has 3 nitrogen and oxygen atoms in total. The van der Waals surface area contributed by atoms with Crippen molar-refractivity contribution in [1.29, 1.82) is 0 Å². The summed E-state index contributed by atoms with van der Waals surface area (Å²) in [5.74, 6) is 0. The van der Waals surface area contributed by atoms with Crippen LogP contribution >= 0.6 is 12.4 Å². The quantitative estimate of drug-likeness (QED) is 0.847. The molecule has 2 aromatic rings. The van der Waals surface area contributed by atoms with Crippen molar-refractivity contribution in [1.82, 2.24) is 14.4 Å². The van der Waals surface area contributed by atoms with Gasteiger partial charge in [-0.05, 0) is 43.5 Å². The van der Waals surface area contributed by atoms with Gasteiger partial charge in [0.15, 0.2) is 0 Å². The highest BCUT2D eigenvalue weighted by Gasteiger charge is 2.19. The first kappa shape index (κ1) is 16.8. The van der Waals surface area contributed by atoms with E-state index >= 15 is 0 Å². The Kier molecular flexibility index (Phi) is 5.62. The predicted molar refractivity (Wildman–Crippen MR) is 99.4 cm³/mol. The van der Waals surface area contributed by atoms with Crippen LogP contribution in [0.15, 0.2) is 30.3 Å². The Morgan fingerprint density at radius 1 is 0.783 bits per heavy atom. The number of aromatic nitrogens is 1. The summed E-state index contributed by atoms with van der Waals surface area (Å²) in [5, 5.41) is 1.40. The number of nitrogens with zero attached hydrogens (tertiary/aromatic N) is 3. The number of para-hydroxylation sites is 1. The van der Waals surface area contributed by atoms with E-state index in [4.69, 9.17) is 0 Å². The van der Waals surface area contributed by atoms with Gasteiger partial charge in [-0.3, -0.25) is 4.90 Å². The van der Waals surface area contributed by atoms with Gasteiger partial charge in [0, 0.05) is 43.9 Å². The van der Waals surface area contributed by atoms with Crippen molar-refractivity contribution in [2.24, 2.45) is 0 Å². The Hall–Kier alpha value is -1.03. The number of likely N-dealkylation sites (tertiary alicyclic amines) is 1. The molecular formula is C19H28ClN3. The molecule has 0 radical (unpaired) electrons. The molecule has 0 amide bonds. The molecule has 0 bridgehead atoms. The van der Waals surface area contributed by atoms with Gasteiger partial charge in [0.05, 0.1) is 0 Å². The van der Waals surface area contributed by atoms with E-state index in [2.05, 4.69) is 44.7 Å². The molecule has 2 aliphatic heterocycles. The van der Waals surface area contributed by atoms with Crippen LogP contribution < -0.4 is 0 Å². The van der Waals surface area contributed by atoms with Gasteiger partial charge in [0.2, 0.25) is 0 Å². The highest BCUT2D eigenvalue weighted by atomic mass is 35.5. The fourth-order valence-electron chi connectivity index (χ4n) is 4.05. The molecule has 3 heterocycles. The molecule has 0 N–H and O–H groups in total. The first-order valence-corrected chi connectivity index (χ1v) is 8.92. The van der Waals surface area contributed by atoms with Crippen molar-refractivity contribution >= 4 is 23.3 Å². The lowest BCUT2D eigenvalue weighted by molar-refractivity contribution is 0.180. The van der Waals surface area contributed by atoms with Crippen molar-refractivity contribution in [3.63, 3.8) is 0 Å². The summed E-state index contributed by atoms with van der Waals surface area (Å²) in [7, 11) is 0. The lowest BCUT2D eigenvalue weighted by Gasteiger charge is -2.31. The van der Waals surface area contributed by atoms with Gasteiger partial charge in [-0.2, -0.15) is 0 Å². The van der Waals surface area contributed by atoms with Crippen LogP contribution in [0.3, 0.4) is 0 Å². The standard InChI is InChI=1S/C19H27N3.ClH/c1-2-6-10-20(9-5-1)11-12-21-13-14-22-18(16-21)15-17-7-3-4-8-19(17)22;/h3-4,7-8,15H,1-2,5-6,9-14,16H2;1H. The van der Waals surface area contributed by atoms with Crippen LogP contribution in [-0.4, -0.2) is 47.1 Å². The van der Waals surface area contributed by atoms with Crippen LogP contribution in [0.25, 0.3) is 10.9 Å². The molecule has 4 heteroatoms. The fourth-order valence-corrected chi connectivity index (χ4v) is 4.05. The van der Waals surface area contributed by atoms with Crippen molar-refractivity contribution in [3.05, 3.63) is 36.0 Å². The first-order valence-electron chi connectivity index (χ1n) is 8.92. The smallest absolute Gasteiger partial charge is 0.0483 e. The van der Waals surface area contributed by atoms with Gasteiger partial charge in [0.1, 0.15) is 0 Å². The number of halogens is 1. The lowest BCUT2D eigenvalue weighted by Crippen LogP contribution is -2.39. The van der Waals surface area contributed by atoms with Crippen molar-refractivity contribution in [2.75, 3.05) is 32.7 Å². The van der Waals surface area contributed by atoms with E-state index in [0.29, 0.717) is 0 Å². The normalized spacial score (nSPS) is 20.0. The second kappa shape index (κ2) is 7.69. The number of hydrogen-bond acceptors (Lipinski definition) is 2. The molecule has 1 fully saturated rings. The van der Waals surface area contributed by atoms with Crippen LogP contribution in [0.4, 0.5) is 0 Å². The third-order valence-electron chi connectivity index (χ3n) is 5.35. The molecule has 0 aliphatic carbocycles. The largest absolute Gasteiger partial charge is 0.342 e. The topological polar surface area (TPSA) is 11.4 Å². The van der Waals surface area contributed by atoms with E-state index in [9.17, 15) is 0 Å². The lowest BCUT2D eigenvalue weighted by atomic mass is 10.2. The van der Waals surface area contributed by atoms with E-state index in [0.717, 1.165) is 13.1 Å². The molecule has 23 heavy (non-hydrogen) atoms. The summed E-state index contributed by atoms with van der Waals surface area (Å²) >= 11 is 0. The average molecular weight is 334 g/mol. The monoisotopic (exact) mass is 333 g/mol. The van der Waals surface area contributed by atoms with E-state index < -0.39 is 0 Å². The molecule has 1 aromatic carbocycles. The SMILES string of the molecule is Cl.c1ccc2c(c1)cc1n2CCN(CCN2CCCCCC2)C1. The summed E-state index contributed by atoms with van der Waals surface area (Å²) in [6.45, 7) is 8.55. The minimum atomic E-state index is 0. The summed E-state index contributed by atoms with van der Waals surface area (Å²) in [6.07, 6.45) is 5.66. The zero-order valence-corrected chi connectivity index (χ0v) is 14.7. The van der Waals surface area contributed by atoms with Gasteiger partial charge in [0.25, 0.3) is 0 Å². The van der Waals surface area contributed by atoms with Crippen LogP contribution in [0.1, 0.15) is 31.4 Å². The van der Waals surface area contributed by atoms with Gasteiger partial charge < -0.3 is 9.47 Å². The van der Waals surface area contributed by atoms with Crippen molar-refractivity contribution in [2.45, 2.75) is 38.8 Å². The van der Waals surface area contributed by atoms with E-state index in [1.807, 2.05) is 0 Å². The first-order chi connectivity index (χ1) is 10.9. The summed E-state index contributed by atoms with van der Waals surface area (Å²) in [6, 6.07) is 11.2. The van der Waals surface area contributed by atoms with E-state index in [1.54, 1.807) is 0 Å². The number of hydrogen-bond donors (Lipinski definition) is 0. The van der Waals surface area contributed by atoms with E-state index in [-0.39, 0.29) is 12.4 Å². The van der Waals surface area contributed by atoms with Crippen LogP contribution in [0.2, 0.25) is 0 Å². The third-order valence-corrected chi connectivity index (χ3v) is 5.35. The predicted octanol–water partition coefficient (Wildman–Crippen LogP) is 3.75. The maximum Gasteiger partial charge on any atom is 0.0483 e. The average Bonchev–Trinajstić information content (AvgIpc) is 2.72. The van der Waals surface area contributed by atoms with Crippen molar-refractivity contribution in [3.8, 4) is 0 Å². The molecule has 2 aliphatic rings. The molecule has 1 aromatic heterocycles. The van der Waals surface area contributed by atoms with Gasteiger partial charge >= 0.3 is 0 Å².